The molecule has 5 nitrogen and oxygen atoms in total. The van der Waals surface area contributed by atoms with Crippen molar-refractivity contribution in [3.05, 3.63) is 18.2 Å². The van der Waals surface area contributed by atoms with Gasteiger partial charge in [0.25, 0.3) is 0 Å². The molecule has 1 aliphatic rings. The van der Waals surface area contributed by atoms with Gasteiger partial charge in [-0.25, -0.2) is 0 Å². The molecule has 1 aromatic carbocycles. The summed E-state index contributed by atoms with van der Waals surface area (Å²) in [5.74, 6) is 0.750. The lowest BCUT2D eigenvalue weighted by molar-refractivity contribution is -0.134. The number of carbonyl (C=O) groups is 1. The van der Waals surface area contributed by atoms with Gasteiger partial charge >= 0.3 is 13.1 Å². The van der Waals surface area contributed by atoms with Crippen LogP contribution >= 0.6 is 0 Å². The molecule has 0 saturated carbocycles. The molecule has 0 bridgehead atoms. The number of esters is 1. The average Bonchev–Trinajstić information content (AvgIpc) is 2.79. The van der Waals surface area contributed by atoms with E-state index in [0.717, 1.165) is 24.7 Å². The summed E-state index contributed by atoms with van der Waals surface area (Å²) in [6.07, 6.45) is 3.04. The molecule has 0 atom stereocenters. The number of hydrogen-bond donors (Lipinski definition) is 0. The summed E-state index contributed by atoms with van der Waals surface area (Å²) in [5.41, 5.74) is 0.0314. The van der Waals surface area contributed by atoms with Crippen LogP contribution in [0.25, 0.3) is 0 Å². The van der Waals surface area contributed by atoms with Gasteiger partial charge < -0.3 is 18.8 Å². The molecule has 2 rings (SSSR count). The van der Waals surface area contributed by atoms with Crippen LogP contribution in [-0.2, 0) is 14.1 Å². The summed E-state index contributed by atoms with van der Waals surface area (Å²) in [7, 11) is -0.478. The zero-order chi connectivity index (χ0) is 19.4. The largest absolute Gasteiger partial charge is 0.494 e. The third-order valence-corrected chi connectivity index (χ3v) is 4.91. The lowest BCUT2D eigenvalue weighted by Gasteiger charge is -2.32. The minimum absolute atomic E-state index is 0.239. The Labute approximate surface area is 157 Å². The summed E-state index contributed by atoms with van der Waals surface area (Å²) in [5, 5.41) is 0. The Morgan fingerprint density at radius 2 is 1.69 bits per heavy atom. The van der Waals surface area contributed by atoms with Crippen molar-refractivity contribution in [2.75, 3.05) is 6.61 Å². The molecule has 1 aliphatic heterocycles. The molecule has 0 unspecified atom stereocenters. The van der Waals surface area contributed by atoms with Crippen molar-refractivity contribution in [3.8, 4) is 11.5 Å². The van der Waals surface area contributed by atoms with Crippen LogP contribution in [0.15, 0.2) is 18.2 Å². The molecular weight excluding hydrogens is 331 g/mol. The Morgan fingerprint density at radius 3 is 2.27 bits per heavy atom. The van der Waals surface area contributed by atoms with Crippen LogP contribution in [0.4, 0.5) is 0 Å². The summed E-state index contributed by atoms with van der Waals surface area (Å²) in [6.45, 7) is 12.7. The van der Waals surface area contributed by atoms with Gasteiger partial charge in [-0.15, -0.1) is 0 Å². The second-order valence-corrected chi connectivity index (χ2v) is 7.72. The SMILES string of the molecule is CCCCC(=O)Oc1ccc(B2OC(C)(C)C(C)(C)O2)cc1OCCC. The first-order chi connectivity index (χ1) is 12.2. The Balaban J connectivity index is 2.21. The molecule has 0 spiro atoms. The zero-order valence-corrected chi connectivity index (χ0v) is 16.9. The molecule has 6 heteroatoms. The maximum absolute atomic E-state index is 12.0. The second kappa shape index (κ2) is 8.44. The van der Waals surface area contributed by atoms with E-state index in [4.69, 9.17) is 18.8 Å². The molecule has 0 amide bonds. The van der Waals surface area contributed by atoms with E-state index in [2.05, 4.69) is 0 Å². The highest BCUT2D eigenvalue weighted by molar-refractivity contribution is 6.62. The van der Waals surface area contributed by atoms with Gasteiger partial charge in [0.1, 0.15) is 0 Å². The van der Waals surface area contributed by atoms with Gasteiger partial charge in [-0.05, 0) is 58.1 Å². The lowest BCUT2D eigenvalue weighted by Crippen LogP contribution is -2.41. The van der Waals surface area contributed by atoms with Crippen LogP contribution in [0.5, 0.6) is 11.5 Å². The van der Waals surface area contributed by atoms with Crippen molar-refractivity contribution in [2.24, 2.45) is 0 Å². The number of benzene rings is 1. The lowest BCUT2D eigenvalue weighted by atomic mass is 9.79. The highest BCUT2D eigenvalue weighted by Gasteiger charge is 2.51. The minimum atomic E-state index is -0.478. The molecular formula is C20H31BO5. The van der Waals surface area contributed by atoms with Crippen LogP contribution in [0.2, 0.25) is 0 Å². The van der Waals surface area contributed by atoms with Crippen LogP contribution in [-0.4, -0.2) is 30.9 Å². The molecule has 1 fully saturated rings. The monoisotopic (exact) mass is 362 g/mol. The van der Waals surface area contributed by atoms with E-state index in [9.17, 15) is 4.79 Å². The fourth-order valence-corrected chi connectivity index (χ4v) is 2.55. The third kappa shape index (κ3) is 4.80. The predicted octanol–water partition coefficient (Wildman–Crippen LogP) is 3.87. The van der Waals surface area contributed by atoms with Crippen molar-refractivity contribution in [2.45, 2.75) is 78.4 Å². The average molecular weight is 362 g/mol. The molecule has 0 aromatic heterocycles. The van der Waals surface area contributed by atoms with E-state index in [1.165, 1.54) is 0 Å². The highest BCUT2D eigenvalue weighted by Crippen LogP contribution is 2.37. The first-order valence-electron chi connectivity index (χ1n) is 9.53. The summed E-state index contributed by atoms with van der Waals surface area (Å²) in [4.78, 5) is 12.0. The third-order valence-electron chi connectivity index (χ3n) is 4.91. The summed E-state index contributed by atoms with van der Waals surface area (Å²) >= 11 is 0. The van der Waals surface area contributed by atoms with E-state index in [1.54, 1.807) is 6.07 Å². The molecule has 0 aliphatic carbocycles. The van der Waals surface area contributed by atoms with Gasteiger partial charge in [-0.1, -0.05) is 26.3 Å². The van der Waals surface area contributed by atoms with E-state index in [1.807, 2.05) is 53.7 Å². The Kier molecular flexibility index (Phi) is 6.75. The van der Waals surface area contributed by atoms with Gasteiger partial charge in [0.2, 0.25) is 0 Å². The smallest absolute Gasteiger partial charge is 0.490 e. The standard InChI is InChI=1S/C20H31BO5/c1-7-9-10-18(22)24-16-12-11-15(14-17(16)23-13-8-2)21-25-19(3,4)20(5,6)26-21/h11-12,14H,7-10,13H2,1-6H3. The fraction of sp³-hybridized carbons (Fsp3) is 0.650. The van der Waals surface area contributed by atoms with Gasteiger partial charge in [0.15, 0.2) is 11.5 Å². The molecule has 144 valence electrons. The Morgan fingerprint density at radius 1 is 1.04 bits per heavy atom. The number of ether oxygens (including phenoxy) is 2. The van der Waals surface area contributed by atoms with Gasteiger partial charge in [-0.3, -0.25) is 4.79 Å². The maximum Gasteiger partial charge on any atom is 0.494 e. The second-order valence-electron chi connectivity index (χ2n) is 7.72. The van der Waals surface area contributed by atoms with Gasteiger partial charge in [0.05, 0.1) is 17.8 Å². The van der Waals surface area contributed by atoms with Crippen LogP contribution in [0.3, 0.4) is 0 Å². The van der Waals surface area contributed by atoms with E-state index >= 15 is 0 Å². The Bertz CT molecular complexity index is 611. The normalized spacial score (nSPS) is 18.0. The maximum atomic E-state index is 12.0. The van der Waals surface area contributed by atoms with Crippen molar-refractivity contribution in [3.63, 3.8) is 0 Å². The molecule has 1 heterocycles. The van der Waals surface area contributed by atoms with E-state index < -0.39 is 18.3 Å². The van der Waals surface area contributed by atoms with Crippen molar-refractivity contribution >= 4 is 18.6 Å². The molecule has 26 heavy (non-hydrogen) atoms. The van der Waals surface area contributed by atoms with Crippen molar-refractivity contribution < 1.29 is 23.6 Å². The van der Waals surface area contributed by atoms with Crippen LogP contribution in [0, 0.1) is 0 Å². The number of carbonyl (C=O) groups excluding carboxylic acids is 1. The van der Waals surface area contributed by atoms with Gasteiger partial charge in [-0.2, -0.15) is 0 Å². The quantitative estimate of drug-likeness (QED) is 0.399. The number of rotatable bonds is 8. The number of unbranched alkanes of at least 4 members (excludes halogenated alkanes) is 1. The minimum Gasteiger partial charge on any atom is -0.490 e. The summed E-state index contributed by atoms with van der Waals surface area (Å²) < 4.78 is 23.5. The zero-order valence-electron chi connectivity index (χ0n) is 16.9. The van der Waals surface area contributed by atoms with E-state index in [0.29, 0.717) is 24.5 Å². The van der Waals surface area contributed by atoms with Crippen LogP contribution < -0.4 is 14.9 Å². The number of hydrogen-bond acceptors (Lipinski definition) is 5. The molecule has 1 saturated heterocycles. The van der Waals surface area contributed by atoms with Crippen molar-refractivity contribution in [1.82, 2.24) is 0 Å². The molecule has 1 aromatic rings. The fourth-order valence-electron chi connectivity index (χ4n) is 2.55. The highest BCUT2D eigenvalue weighted by atomic mass is 16.7. The Hall–Kier alpha value is -1.53. The van der Waals surface area contributed by atoms with E-state index in [-0.39, 0.29) is 5.97 Å². The topological polar surface area (TPSA) is 54.0 Å². The van der Waals surface area contributed by atoms with Crippen LogP contribution in [0.1, 0.15) is 67.2 Å². The molecule has 0 N–H and O–H groups in total. The summed E-state index contributed by atoms with van der Waals surface area (Å²) in [6, 6.07) is 5.47. The first-order valence-corrected chi connectivity index (χ1v) is 9.53. The molecule has 0 radical (unpaired) electrons. The van der Waals surface area contributed by atoms with Crippen molar-refractivity contribution in [1.29, 1.82) is 0 Å². The predicted molar refractivity (Wildman–Crippen MR) is 103 cm³/mol. The van der Waals surface area contributed by atoms with Gasteiger partial charge in [0, 0.05) is 6.42 Å². The first kappa shape index (κ1) is 20.8.